The van der Waals surface area contributed by atoms with E-state index in [1.54, 1.807) is 31.0 Å². The number of hydrogen-bond donors (Lipinski definition) is 1. The number of rotatable bonds is 15. The first-order chi connectivity index (χ1) is 26.6. The standard InChI is InChI=1S/C42H58N6O7/c1-6-15-47-28-36(29(2)30(3)40(47)50)32-25-37(53-4)35(38(26-32)54-5)13-21-44-17-9-33(10-18-44)55-34-11-19-45(20-12-34)23-24-46-16-7-8-31(41(46)51)27-48-22-14-39(49)43-42(48)52/h7-8,16,25-26,28,33-34H,6,9-15,17-24,27H2,1-5H3,(H,43,49,52). The van der Waals surface area contributed by atoms with E-state index in [-0.39, 0.29) is 42.2 Å². The first kappa shape index (κ1) is 40.2. The Balaban J connectivity index is 0.950. The van der Waals surface area contributed by atoms with Gasteiger partial charge in [-0.05, 0) is 81.7 Å². The van der Waals surface area contributed by atoms with Gasteiger partial charge in [0.15, 0.2) is 0 Å². The summed E-state index contributed by atoms with van der Waals surface area (Å²) in [5.74, 6) is 1.32. The molecule has 0 atom stereocenters. The van der Waals surface area contributed by atoms with Crippen LogP contribution in [0.4, 0.5) is 4.79 Å². The van der Waals surface area contributed by atoms with Crippen molar-refractivity contribution in [3.05, 3.63) is 79.6 Å². The lowest BCUT2D eigenvalue weighted by Crippen LogP contribution is -2.49. The smallest absolute Gasteiger partial charge is 0.324 e. The molecule has 0 spiro atoms. The molecule has 3 amide bonds. The van der Waals surface area contributed by atoms with Gasteiger partial charge in [0, 0.05) is 100.0 Å². The van der Waals surface area contributed by atoms with Gasteiger partial charge in [0.05, 0.1) is 33.0 Å². The highest BCUT2D eigenvalue weighted by Gasteiger charge is 2.27. The van der Waals surface area contributed by atoms with Crippen LogP contribution in [0.2, 0.25) is 0 Å². The summed E-state index contributed by atoms with van der Waals surface area (Å²) in [4.78, 5) is 56.0. The quantitative estimate of drug-likeness (QED) is 0.241. The zero-order valence-corrected chi connectivity index (χ0v) is 33.2. The molecule has 13 heteroatoms. The Morgan fingerprint density at radius 3 is 2.00 bits per heavy atom. The Morgan fingerprint density at radius 2 is 1.40 bits per heavy atom. The second kappa shape index (κ2) is 18.4. The monoisotopic (exact) mass is 758 g/mol. The molecule has 3 saturated heterocycles. The van der Waals surface area contributed by atoms with E-state index >= 15 is 0 Å². The largest absolute Gasteiger partial charge is 0.496 e. The number of nitrogens with zero attached hydrogens (tertiary/aromatic N) is 5. The van der Waals surface area contributed by atoms with Crippen LogP contribution in [0.3, 0.4) is 0 Å². The van der Waals surface area contributed by atoms with Crippen LogP contribution in [-0.4, -0.2) is 108 Å². The maximum Gasteiger partial charge on any atom is 0.324 e. The fourth-order valence-corrected chi connectivity index (χ4v) is 8.14. The first-order valence-corrected chi connectivity index (χ1v) is 19.9. The number of benzene rings is 1. The summed E-state index contributed by atoms with van der Waals surface area (Å²) >= 11 is 0. The molecule has 2 aromatic heterocycles. The molecule has 3 aliphatic rings. The van der Waals surface area contributed by atoms with Crippen LogP contribution >= 0.6 is 0 Å². The number of urea groups is 1. The van der Waals surface area contributed by atoms with Crippen molar-refractivity contribution in [1.29, 1.82) is 0 Å². The van der Waals surface area contributed by atoms with Gasteiger partial charge in [0.2, 0.25) is 5.91 Å². The molecule has 1 N–H and O–H groups in total. The van der Waals surface area contributed by atoms with Gasteiger partial charge >= 0.3 is 6.03 Å². The second-order valence-corrected chi connectivity index (χ2v) is 15.2. The van der Waals surface area contributed by atoms with Crippen molar-refractivity contribution in [2.45, 2.75) is 97.6 Å². The molecule has 13 nitrogen and oxygen atoms in total. The van der Waals surface area contributed by atoms with Crippen LogP contribution < -0.4 is 25.9 Å². The third kappa shape index (κ3) is 9.68. The van der Waals surface area contributed by atoms with Crippen LogP contribution in [0, 0.1) is 13.8 Å². The maximum atomic E-state index is 13.1. The Morgan fingerprint density at radius 1 is 0.764 bits per heavy atom. The van der Waals surface area contributed by atoms with Crippen LogP contribution in [-0.2, 0) is 35.6 Å². The molecule has 1 aromatic carbocycles. The normalized spacial score (nSPS) is 17.8. The summed E-state index contributed by atoms with van der Waals surface area (Å²) in [5.41, 5.74) is 5.31. The number of carbonyl (C=O) groups is 2. The van der Waals surface area contributed by atoms with Gasteiger partial charge in [-0.1, -0.05) is 13.0 Å². The Bertz CT molecular complexity index is 1920. The molecule has 55 heavy (non-hydrogen) atoms. The number of likely N-dealkylation sites (tertiary alicyclic amines) is 2. The number of methoxy groups -OCH3 is 2. The van der Waals surface area contributed by atoms with Crippen LogP contribution in [0.5, 0.6) is 11.5 Å². The topological polar surface area (TPSA) is 128 Å². The van der Waals surface area contributed by atoms with Crippen molar-refractivity contribution in [2.75, 3.05) is 60.0 Å². The molecule has 298 valence electrons. The summed E-state index contributed by atoms with van der Waals surface area (Å²) in [6.45, 7) is 13.3. The number of amides is 3. The van der Waals surface area contributed by atoms with Gasteiger partial charge in [0.1, 0.15) is 11.5 Å². The van der Waals surface area contributed by atoms with Crippen molar-refractivity contribution in [3.8, 4) is 22.6 Å². The fraction of sp³-hybridized carbons (Fsp3) is 0.571. The molecule has 0 bridgehead atoms. The highest BCUT2D eigenvalue weighted by atomic mass is 16.5. The van der Waals surface area contributed by atoms with Crippen molar-refractivity contribution in [2.24, 2.45) is 0 Å². The van der Waals surface area contributed by atoms with E-state index in [2.05, 4.69) is 34.2 Å². The summed E-state index contributed by atoms with van der Waals surface area (Å²) in [6, 6.07) is 7.31. The van der Waals surface area contributed by atoms with E-state index in [1.165, 1.54) is 4.90 Å². The highest BCUT2D eigenvalue weighted by molar-refractivity contribution is 5.96. The van der Waals surface area contributed by atoms with E-state index in [0.717, 1.165) is 117 Å². The summed E-state index contributed by atoms with van der Waals surface area (Å²) < 4.78 is 22.0. The van der Waals surface area contributed by atoms with Gasteiger partial charge in [-0.3, -0.25) is 19.7 Å². The SMILES string of the molecule is CCCn1cc(-c2cc(OC)c(CCN3CCC(OC4CCN(CCn5cccc(CN6CCC(=O)NC6=O)c5=O)CC4)CC3)c(OC)c2)c(C)c(C)c1=O. The van der Waals surface area contributed by atoms with Gasteiger partial charge in [-0.2, -0.15) is 0 Å². The van der Waals surface area contributed by atoms with Gasteiger partial charge in [-0.15, -0.1) is 0 Å². The molecular weight excluding hydrogens is 700 g/mol. The number of ether oxygens (including phenoxy) is 3. The zero-order valence-electron chi connectivity index (χ0n) is 33.2. The summed E-state index contributed by atoms with van der Waals surface area (Å²) in [6.07, 6.45) is 10.2. The van der Waals surface area contributed by atoms with Gasteiger partial charge in [0.25, 0.3) is 11.1 Å². The highest BCUT2D eigenvalue weighted by Crippen LogP contribution is 2.37. The number of aryl methyl sites for hydroxylation is 1. The van der Waals surface area contributed by atoms with E-state index in [0.29, 0.717) is 25.2 Å². The fourth-order valence-electron chi connectivity index (χ4n) is 8.14. The number of hydrogen-bond acceptors (Lipinski definition) is 9. The number of nitrogens with one attached hydrogen (secondary N) is 1. The zero-order chi connectivity index (χ0) is 39.1. The number of imide groups is 1. The van der Waals surface area contributed by atoms with E-state index in [1.807, 2.05) is 30.7 Å². The number of aromatic nitrogens is 2. The lowest BCUT2D eigenvalue weighted by atomic mass is 9.96. The molecule has 0 saturated carbocycles. The molecule has 0 unspecified atom stereocenters. The van der Waals surface area contributed by atoms with Crippen LogP contribution in [0.1, 0.15) is 67.7 Å². The predicted molar refractivity (Wildman–Crippen MR) is 212 cm³/mol. The number of pyridine rings is 2. The van der Waals surface area contributed by atoms with Crippen molar-refractivity contribution >= 4 is 11.9 Å². The Kier molecular flexibility index (Phi) is 13.5. The predicted octanol–water partition coefficient (Wildman–Crippen LogP) is 4.35. The molecular formula is C42H58N6O7. The molecule has 6 rings (SSSR count). The van der Waals surface area contributed by atoms with E-state index in [4.69, 9.17) is 14.2 Å². The Labute approximate surface area is 324 Å². The van der Waals surface area contributed by atoms with Crippen molar-refractivity contribution in [3.63, 3.8) is 0 Å². The molecule has 5 heterocycles. The first-order valence-electron chi connectivity index (χ1n) is 19.9. The minimum absolute atomic E-state index is 0.0636. The Hall–Kier alpha value is -4.46. The molecule has 3 fully saturated rings. The number of carbonyl (C=O) groups excluding carboxylic acids is 2. The average Bonchev–Trinajstić information content (AvgIpc) is 3.19. The summed E-state index contributed by atoms with van der Waals surface area (Å²) in [5, 5.41) is 2.32. The third-order valence-corrected chi connectivity index (χ3v) is 11.6. The summed E-state index contributed by atoms with van der Waals surface area (Å²) in [7, 11) is 3.41. The second-order valence-electron chi connectivity index (χ2n) is 15.2. The van der Waals surface area contributed by atoms with Crippen molar-refractivity contribution < 1.29 is 23.8 Å². The average molecular weight is 759 g/mol. The van der Waals surface area contributed by atoms with Gasteiger partial charge < -0.3 is 38.0 Å². The molecule has 0 aliphatic carbocycles. The van der Waals surface area contributed by atoms with E-state index in [9.17, 15) is 19.2 Å². The van der Waals surface area contributed by atoms with Crippen LogP contribution in [0.15, 0.2) is 46.2 Å². The molecule has 3 aromatic rings. The van der Waals surface area contributed by atoms with E-state index < -0.39 is 6.03 Å². The minimum atomic E-state index is -0.446. The van der Waals surface area contributed by atoms with Crippen LogP contribution in [0.25, 0.3) is 11.1 Å². The lowest BCUT2D eigenvalue weighted by Gasteiger charge is -2.37. The minimum Gasteiger partial charge on any atom is -0.496 e. The molecule has 3 aliphatic heterocycles. The lowest BCUT2D eigenvalue weighted by molar-refractivity contribution is -0.121. The maximum absolute atomic E-state index is 13.1. The third-order valence-electron chi connectivity index (χ3n) is 11.6. The number of piperidine rings is 2. The molecule has 0 radical (unpaired) electrons. The van der Waals surface area contributed by atoms with Crippen molar-refractivity contribution in [1.82, 2.24) is 29.2 Å². The van der Waals surface area contributed by atoms with Gasteiger partial charge in [-0.25, -0.2) is 4.79 Å².